The molecule has 7 heteroatoms. The van der Waals surface area contributed by atoms with Gasteiger partial charge < -0.3 is 5.32 Å². The minimum absolute atomic E-state index is 0.0355. The number of hydrogen-bond donors (Lipinski definition) is 2. The van der Waals surface area contributed by atoms with E-state index >= 15 is 0 Å². The van der Waals surface area contributed by atoms with Gasteiger partial charge in [0.05, 0.1) is 15.5 Å². The van der Waals surface area contributed by atoms with Crippen molar-refractivity contribution in [3.63, 3.8) is 0 Å². The van der Waals surface area contributed by atoms with Gasteiger partial charge >= 0.3 is 0 Å². The topological polar surface area (TPSA) is 75.3 Å². The van der Waals surface area contributed by atoms with E-state index in [4.69, 9.17) is 11.6 Å². The van der Waals surface area contributed by atoms with Crippen molar-refractivity contribution in [2.45, 2.75) is 51.5 Å². The second-order valence-electron chi connectivity index (χ2n) is 8.69. The number of amides is 1. The molecule has 2 aromatic carbocycles. The number of rotatable bonds is 6. The molecule has 0 heterocycles. The fourth-order valence-electron chi connectivity index (χ4n) is 3.32. The highest BCUT2D eigenvalue weighted by atomic mass is 35.5. The first-order valence-corrected chi connectivity index (χ1v) is 10.9. The molecule has 1 amide bonds. The summed E-state index contributed by atoms with van der Waals surface area (Å²) in [5, 5.41) is 3.25. The average molecular weight is 423 g/mol. The molecule has 28 heavy (non-hydrogen) atoms. The van der Waals surface area contributed by atoms with E-state index in [2.05, 4.69) is 30.8 Å². The van der Waals surface area contributed by atoms with Gasteiger partial charge in [-0.1, -0.05) is 50.6 Å². The zero-order chi connectivity index (χ0) is 21.2. The molecule has 152 valence electrons. The highest BCUT2D eigenvalue weighted by Gasteiger charge is 2.28. The third kappa shape index (κ3) is 6.24. The van der Waals surface area contributed by atoms with E-state index in [1.165, 1.54) is 30.3 Å². The molecule has 0 aliphatic carbocycles. The quantitative estimate of drug-likeness (QED) is 0.681. The van der Waals surface area contributed by atoms with Gasteiger partial charge in [-0.3, -0.25) is 9.52 Å². The van der Waals surface area contributed by atoms with Crippen molar-refractivity contribution < 1.29 is 13.2 Å². The van der Waals surface area contributed by atoms with Crippen LogP contribution in [-0.2, 0) is 10.0 Å². The van der Waals surface area contributed by atoms with Crippen LogP contribution in [0.4, 0.5) is 5.69 Å². The van der Waals surface area contributed by atoms with Crippen LogP contribution in [0.2, 0.25) is 5.02 Å². The maximum Gasteiger partial charge on any atom is 0.261 e. The zero-order valence-electron chi connectivity index (χ0n) is 16.8. The highest BCUT2D eigenvalue weighted by molar-refractivity contribution is 7.92. The maximum atomic E-state index is 12.8. The normalized spacial score (nSPS) is 12.5. The molecule has 0 aromatic heterocycles. The van der Waals surface area contributed by atoms with Crippen LogP contribution in [0, 0.1) is 5.41 Å². The summed E-state index contributed by atoms with van der Waals surface area (Å²) in [4.78, 5) is 12.9. The van der Waals surface area contributed by atoms with Crippen molar-refractivity contribution in [1.29, 1.82) is 0 Å². The highest BCUT2D eigenvalue weighted by Crippen LogP contribution is 2.28. The van der Waals surface area contributed by atoms with E-state index in [-0.39, 0.29) is 32.5 Å². The van der Waals surface area contributed by atoms with Gasteiger partial charge in [-0.25, -0.2) is 8.42 Å². The molecule has 0 radical (unpaired) electrons. The van der Waals surface area contributed by atoms with E-state index in [0.29, 0.717) is 0 Å². The van der Waals surface area contributed by atoms with Gasteiger partial charge in [0.15, 0.2) is 0 Å². The molecule has 2 N–H and O–H groups in total. The molecule has 0 aliphatic heterocycles. The monoisotopic (exact) mass is 422 g/mol. The van der Waals surface area contributed by atoms with Crippen LogP contribution in [0.3, 0.4) is 0 Å². The average Bonchev–Trinajstić information content (AvgIpc) is 2.54. The first-order valence-electron chi connectivity index (χ1n) is 8.99. The summed E-state index contributed by atoms with van der Waals surface area (Å²) < 4.78 is 27.5. The Morgan fingerprint density at radius 2 is 1.61 bits per heavy atom. The number of carbonyl (C=O) groups excluding carboxylic acids is 1. The fraction of sp³-hybridized carbons (Fsp3) is 0.381. The molecule has 0 bridgehead atoms. The largest absolute Gasteiger partial charge is 0.347 e. The summed E-state index contributed by atoms with van der Waals surface area (Å²) in [7, 11) is -3.75. The molecular weight excluding hydrogens is 396 g/mol. The van der Waals surface area contributed by atoms with E-state index in [9.17, 15) is 13.2 Å². The molecule has 0 aliphatic rings. The van der Waals surface area contributed by atoms with Crippen LogP contribution < -0.4 is 10.0 Å². The lowest BCUT2D eigenvalue weighted by Crippen LogP contribution is -2.45. The molecule has 0 saturated carbocycles. The molecule has 0 atom stereocenters. The second kappa shape index (κ2) is 8.13. The van der Waals surface area contributed by atoms with Crippen LogP contribution in [-0.4, -0.2) is 19.9 Å². The summed E-state index contributed by atoms with van der Waals surface area (Å²) in [6.45, 7) is 10.2. The second-order valence-corrected chi connectivity index (χ2v) is 10.8. The summed E-state index contributed by atoms with van der Waals surface area (Å²) in [5.41, 5.74) is 0.0790. The first kappa shape index (κ1) is 22.2. The minimum Gasteiger partial charge on any atom is -0.347 e. The molecule has 0 fully saturated rings. The van der Waals surface area contributed by atoms with Gasteiger partial charge in [-0.2, -0.15) is 0 Å². The van der Waals surface area contributed by atoms with Crippen LogP contribution in [0.15, 0.2) is 53.4 Å². The van der Waals surface area contributed by atoms with Gasteiger partial charge in [0.1, 0.15) is 0 Å². The molecular formula is C21H27ClN2O3S. The summed E-state index contributed by atoms with van der Waals surface area (Å²) in [6.07, 6.45) is 0.768. The van der Waals surface area contributed by atoms with Crippen molar-refractivity contribution in [3.8, 4) is 0 Å². The first-order chi connectivity index (χ1) is 12.8. The Balaban J connectivity index is 2.25. The Morgan fingerprint density at radius 1 is 1.00 bits per heavy atom. The Hall–Kier alpha value is -2.05. The zero-order valence-corrected chi connectivity index (χ0v) is 18.4. The van der Waals surface area contributed by atoms with E-state index in [1.807, 2.05) is 13.8 Å². The fourth-order valence-corrected chi connectivity index (χ4v) is 4.60. The third-order valence-corrected chi connectivity index (χ3v) is 5.67. The smallest absolute Gasteiger partial charge is 0.261 e. The molecule has 2 aromatic rings. The maximum absolute atomic E-state index is 12.8. The number of carbonyl (C=O) groups is 1. The van der Waals surface area contributed by atoms with E-state index in [0.717, 1.165) is 6.42 Å². The van der Waals surface area contributed by atoms with Gasteiger partial charge in [-0.05, 0) is 56.0 Å². The van der Waals surface area contributed by atoms with E-state index in [1.54, 1.807) is 18.2 Å². The third-order valence-electron chi connectivity index (χ3n) is 3.94. The lowest BCUT2D eigenvalue weighted by molar-refractivity contribution is 0.0891. The molecule has 2 rings (SSSR count). The van der Waals surface area contributed by atoms with Crippen molar-refractivity contribution in [2.75, 3.05) is 4.72 Å². The van der Waals surface area contributed by atoms with Crippen molar-refractivity contribution in [2.24, 2.45) is 5.41 Å². The van der Waals surface area contributed by atoms with Crippen molar-refractivity contribution >= 4 is 33.2 Å². The Kier molecular flexibility index (Phi) is 6.46. The molecule has 5 nitrogen and oxygen atoms in total. The molecule has 0 unspecified atom stereocenters. The molecule has 0 saturated heterocycles. The number of anilines is 1. The van der Waals surface area contributed by atoms with Crippen LogP contribution in [0.1, 0.15) is 51.4 Å². The minimum atomic E-state index is -3.75. The molecule has 0 spiro atoms. The number of sulfonamides is 1. The standard InChI is InChI=1S/C21H27ClN2O3S/c1-20(2,3)14-21(4,5)23-19(25)17-13-15(11-12-18(17)22)24-28(26,27)16-9-7-6-8-10-16/h6-13,24H,14H2,1-5H3,(H,23,25). The van der Waals surface area contributed by atoms with Crippen LogP contribution in [0.5, 0.6) is 0 Å². The van der Waals surface area contributed by atoms with Gasteiger partial charge in [0.2, 0.25) is 0 Å². The number of hydrogen-bond acceptors (Lipinski definition) is 3. The summed E-state index contributed by atoms with van der Waals surface area (Å²) >= 11 is 6.20. The van der Waals surface area contributed by atoms with Crippen LogP contribution >= 0.6 is 11.6 Å². The predicted molar refractivity (Wildman–Crippen MR) is 114 cm³/mol. The summed E-state index contributed by atoms with van der Waals surface area (Å²) in [6, 6.07) is 12.5. The van der Waals surface area contributed by atoms with Crippen molar-refractivity contribution in [1.82, 2.24) is 5.32 Å². The Labute approximate surface area is 172 Å². The van der Waals surface area contributed by atoms with E-state index < -0.39 is 15.6 Å². The van der Waals surface area contributed by atoms with Crippen LogP contribution in [0.25, 0.3) is 0 Å². The number of halogens is 1. The number of nitrogens with one attached hydrogen (secondary N) is 2. The van der Waals surface area contributed by atoms with Gasteiger partial charge in [0.25, 0.3) is 15.9 Å². The predicted octanol–water partition coefficient (Wildman–Crippen LogP) is 5.09. The SMILES string of the molecule is CC(C)(C)CC(C)(C)NC(=O)c1cc(NS(=O)(=O)c2ccccc2)ccc1Cl. The Morgan fingerprint density at radius 3 is 2.18 bits per heavy atom. The Bertz CT molecular complexity index is 949. The van der Waals surface area contributed by atoms with Gasteiger partial charge in [-0.15, -0.1) is 0 Å². The lowest BCUT2D eigenvalue weighted by atomic mass is 9.81. The van der Waals surface area contributed by atoms with Crippen molar-refractivity contribution in [3.05, 3.63) is 59.1 Å². The lowest BCUT2D eigenvalue weighted by Gasteiger charge is -2.33. The summed E-state index contributed by atoms with van der Waals surface area (Å²) in [5.74, 6) is -0.347. The van der Waals surface area contributed by atoms with Gasteiger partial charge in [0, 0.05) is 11.2 Å². The number of benzene rings is 2.